The zero-order valence-corrected chi connectivity index (χ0v) is 10.3. The summed E-state index contributed by atoms with van der Waals surface area (Å²) in [6, 6.07) is 0.211. The molecule has 1 N–H and O–H groups in total. The van der Waals surface area contributed by atoms with E-state index in [4.69, 9.17) is 4.52 Å². The Morgan fingerprint density at radius 2 is 1.95 bits per heavy atom. The minimum absolute atomic E-state index is 0.211. The number of anilines is 1. The number of aromatic nitrogens is 2. The van der Waals surface area contributed by atoms with Crippen molar-refractivity contribution in [3.8, 4) is 0 Å². The molecule has 106 valence electrons. The van der Waals surface area contributed by atoms with Gasteiger partial charge in [0.05, 0.1) is 0 Å². The molecule has 0 atom stereocenters. The van der Waals surface area contributed by atoms with E-state index in [-0.39, 0.29) is 17.3 Å². The summed E-state index contributed by atoms with van der Waals surface area (Å²) in [6.45, 7) is 3.58. The fourth-order valence-corrected chi connectivity index (χ4v) is 2.80. The SMILES string of the molecule is FC(F)(F)Cc1noc(N2CC3(CCNCC3)C2)n1. The minimum atomic E-state index is -4.30. The molecule has 2 saturated heterocycles. The molecule has 5 nitrogen and oxygen atoms in total. The van der Waals surface area contributed by atoms with Crippen LogP contribution in [-0.2, 0) is 6.42 Å². The van der Waals surface area contributed by atoms with Crippen LogP contribution in [0.4, 0.5) is 19.2 Å². The largest absolute Gasteiger partial charge is 0.396 e. The van der Waals surface area contributed by atoms with Gasteiger partial charge in [-0.2, -0.15) is 18.2 Å². The average Bonchev–Trinajstić information content (AvgIpc) is 2.72. The van der Waals surface area contributed by atoms with Gasteiger partial charge in [0.2, 0.25) is 0 Å². The van der Waals surface area contributed by atoms with Gasteiger partial charge in [0.1, 0.15) is 6.42 Å². The molecule has 0 saturated carbocycles. The summed E-state index contributed by atoms with van der Waals surface area (Å²) in [5.41, 5.74) is 0.282. The van der Waals surface area contributed by atoms with Crippen LogP contribution in [0.2, 0.25) is 0 Å². The Hall–Kier alpha value is -1.31. The van der Waals surface area contributed by atoms with E-state index >= 15 is 0 Å². The Kier molecular flexibility index (Phi) is 2.92. The van der Waals surface area contributed by atoms with Crippen molar-refractivity contribution in [2.75, 3.05) is 31.1 Å². The molecule has 1 aromatic rings. The topological polar surface area (TPSA) is 54.2 Å². The van der Waals surface area contributed by atoms with Crippen LogP contribution in [0.1, 0.15) is 18.7 Å². The zero-order valence-electron chi connectivity index (χ0n) is 10.3. The van der Waals surface area contributed by atoms with Crippen LogP contribution in [0, 0.1) is 5.41 Å². The average molecular weight is 276 g/mol. The van der Waals surface area contributed by atoms with Crippen LogP contribution in [0.25, 0.3) is 0 Å². The lowest BCUT2D eigenvalue weighted by atomic mass is 9.73. The van der Waals surface area contributed by atoms with E-state index in [1.807, 2.05) is 4.90 Å². The highest BCUT2D eigenvalue weighted by Gasteiger charge is 2.45. The van der Waals surface area contributed by atoms with Crippen molar-refractivity contribution in [3.63, 3.8) is 0 Å². The summed E-state index contributed by atoms with van der Waals surface area (Å²) in [5.74, 6) is -0.297. The molecule has 1 spiro atoms. The summed E-state index contributed by atoms with van der Waals surface area (Å²) in [5, 5.41) is 6.68. The van der Waals surface area contributed by atoms with Crippen LogP contribution in [0.3, 0.4) is 0 Å². The molecule has 0 bridgehead atoms. The Labute approximate surface area is 108 Å². The highest BCUT2D eigenvalue weighted by Crippen LogP contribution is 2.40. The van der Waals surface area contributed by atoms with Gasteiger partial charge in [0, 0.05) is 18.5 Å². The molecule has 0 aromatic carbocycles. The Bertz CT molecular complexity index is 445. The number of nitrogens with zero attached hydrogens (tertiary/aromatic N) is 3. The molecule has 1 aromatic heterocycles. The van der Waals surface area contributed by atoms with Crippen molar-refractivity contribution in [3.05, 3.63) is 5.82 Å². The van der Waals surface area contributed by atoms with Gasteiger partial charge in [-0.15, -0.1) is 0 Å². The second kappa shape index (κ2) is 4.36. The standard InChI is InChI=1S/C11H15F3N4O/c12-11(13,14)5-8-16-9(19-17-8)18-6-10(7-18)1-3-15-4-2-10/h15H,1-7H2. The number of hydrogen-bond donors (Lipinski definition) is 1. The molecule has 8 heteroatoms. The van der Waals surface area contributed by atoms with Crippen LogP contribution in [-0.4, -0.2) is 42.5 Å². The van der Waals surface area contributed by atoms with Gasteiger partial charge in [-0.3, -0.25) is 0 Å². The molecule has 0 radical (unpaired) electrons. The Morgan fingerprint density at radius 1 is 1.26 bits per heavy atom. The first kappa shape index (κ1) is 12.7. The van der Waals surface area contributed by atoms with Gasteiger partial charge in [0.15, 0.2) is 5.82 Å². The molecule has 2 aliphatic heterocycles. The van der Waals surface area contributed by atoms with E-state index in [9.17, 15) is 13.2 Å². The first-order chi connectivity index (χ1) is 8.96. The maximum atomic E-state index is 12.2. The van der Waals surface area contributed by atoms with E-state index in [0.29, 0.717) is 0 Å². The van der Waals surface area contributed by atoms with Crippen LogP contribution in [0.15, 0.2) is 4.52 Å². The van der Waals surface area contributed by atoms with Crippen LogP contribution < -0.4 is 10.2 Å². The number of rotatable bonds is 2. The van der Waals surface area contributed by atoms with Gasteiger partial charge >= 0.3 is 12.2 Å². The lowest BCUT2D eigenvalue weighted by Gasteiger charge is -2.51. The van der Waals surface area contributed by atoms with Crippen molar-refractivity contribution >= 4 is 6.01 Å². The van der Waals surface area contributed by atoms with Crippen molar-refractivity contribution in [2.24, 2.45) is 5.41 Å². The molecule has 19 heavy (non-hydrogen) atoms. The third-order valence-electron chi connectivity index (χ3n) is 3.80. The lowest BCUT2D eigenvalue weighted by molar-refractivity contribution is -0.128. The summed E-state index contributed by atoms with van der Waals surface area (Å²) in [6.07, 6.45) is -3.26. The summed E-state index contributed by atoms with van der Waals surface area (Å²) < 4.78 is 41.5. The first-order valence-corrected chi connectivity index (χ1v) is 6.31. The third kappa shape index (κ3) is 2.68. The predicted molar refractivity (Wildman–Crippen MR) is 60.8 cm³/mol. The second-order valence-electron chi connectivity index (χ2n) is 5.39. The van der Waals surface area contributed by atoms with Crippen LogP contribution >= 0.6 is 0 Å². The van der Waals surface area contributed by atoms with Crippen molar-refractivity contribution in [2.45, 2.75) is 25.4 Å². The van der Waals surface area contributed by atoms with E-state index in [1.165, 1.54) is 0 Å². The summed E-state index contributed by atoms with van der Waals surface area (Å²) in [7, 11) is 0. The van der Waals surface area contributed by atoms with E-state index in [0.717, 1.165) is 39.0 Å². The van der Waals surface area contributed by atoms with Crippen molar-refractivity contribution in [1.29, 1.82) is 0 Å². The number of halogens is 3. The fraction of sp³-hybridized carbons (Fsp3) is 0.818. The number of hydrogen-bond acceptors (Lipinski definition) is 5. The lowest BCUT2D eigenvalue weighted by Crippen LogP contribution is -2.60. The highest BCUT2D eigenvalue weighted by atomic mass is 19.4. The van der Waals surface area contributed by atoms with Gasteiger partial charge < -0.3 is 14.7 Å². The quantitative estimate of drug-likeness (QED) is 0.884. The Balaban J connectivity index is 1.59. The number of alkyl halides is 3. The van der Waals surface area contributed by atoms with Gasteiger partial charge in [0.25, 0.3) is 0 Å². The predicted octanol–water partition coefficient (Wildman–Crippen LogP) is 1.36. The molecular formula is C11H15F3N4O. The highest BCUT2D eigenvalue weighted by molar-refractivity contribution is 5.33. The number of piperidine rings is 1. The molecule has 0 amide bonds. The van der Waals surface area contributed by atoms with Gasteiger partial charge in [-0.1, -0.05) is 5.16 Å². The second-order valence-corrected chi connectivity index (χ2v) is 5.39. The molecule has 0 aliphatic carbocycles. The normalized spacial score (nSPS) is 22.6. The maximum Gasteiger partial charge on any atom is 0.396 e. The van der Waals surface area contributed by atoms with Crippen molar-refractivity contribution in [1.82, 2.24) is 15.5 Å². The zero-order chi connectivity index (χ0) is 13.5. The monoisotopic (exact) mass is 276 g/mol. The molecule has 2 aliphatic rings. The molecular weight excluding hydrogens is 261 g/mol. The first-order valence-electron chi connectivity index (χ1n) is 6.31. The van der Waals surface area contributed by atoms with E-state index in [2.05, 4.69) is 15.5 Å². The summed E-state index contributed by atoms with van der Waals surface area (Å²) in [4.78, 5) is 5.67. The summed E-state index contributed by atoms with van der Waals surface area (Å²) >= 11 is 0. The molecule has 0 unspecified atom stereocenters. The maximum absolute atomic E-state index is 12.2. The van der Waals surface area contributed by atoms with E-state index in [1.54, 1.807) is 0 Å². The molecule has 3 rings (SSSR count). The minimum Gasteiger partial charge on any atom is -0.323 e. The fourth-order valence-electron chi connectivity index (χ4n) is 2.80. The van der Waals surface area contributed by atoms with Crippen LogP contribution in [0.5, 0.6) is 0 Å². The molecule has 3 heterocycles. The van der Waals surface area contributed by atoms with Crippen molar-refractivity contribution < 1.29 is 17.7 Å². The van der Waals surface area contributed by atoms with E-state index < -0.39 is 12.6 Å². The Morgan fingerprint density at radius 3 is 2.58 bits per heavy atom. The van der Waals surface area contributed by atoms with Gasteiger partial charge in [-0.05, 0) is 25.9 Å². The third-order valence-corrected chi connectivity index (χ3v) is 3.80. The molecule has 2 fully saturated rings. The van der Waals surface area contributed by atoms with Gasteiger partial charge in [-0.25, -0.2) is 0 Å². The number of nitrogens with one attached hydrogen (secondary N) is 1. The smallest absolute Gasteiger partial charge is 0.323 e.